The van der Waals surface area contributed by atoms with Gasteiger partial charge in [0.2, 0.25) is 5.09 Å². The number of aryl methyl sites for hydroxylation is 1. The number of benzene rings is 1. The minimum Gasteiger partial charge on any atom is -0.447 e. The molecule has 1 aromatic carbocycles. The van der Waals surface area contributed by atoms with Gasteiger partial charge in [-0.3, -0.25) is 4.90 Å². The highest BCUT2D eigenvalue weighted by Gasteiger charge is 2.30. The standard InChI is InChI=1S/C19H26N2O3S/c1-3-20(14-17-8-6-7-16(2)13-17)15-18-9-10-19(24-18)25(22,23)21-11-4-5-12-21/h6-10,13H,3-5,11-12,14-15H2,1-2H3. The van der Waals surface area contributed by atoms with Crippen LogP contribution in [-0.4, -0.2) is 37.3 Å². The summed E-state index contributed by atoms with van der Waals surface area (Å²) in [4.78, 5) is 2.24. The summed E-state index contributed by atoms with van der Waals surface area (Å²) in [5, 5.41) is 0.0657. The lowest BCUT2D eigenvalue weighted by molar-refractivity contribution is 0.238. The van der Waals surface area contributed by atoms with Gasteiger partial charge in [-0.15, -0.1) is 0 Å². The fourth-order valence-corrected chi connectivity index (χ4v) is 4.65. The lowest BCUT2D eigenvalue weighted by atomic mass is 10.1. The molecule has 1 aliphatic heterocycles. The second-order valence-corrected chi connectivity index (χ2v) is 8.49. The van der Waals surface area contributed by atoms with Gasteiger partial charge in [0.15, 0.2) is 0 Å². The van der Waals surface area contributed by atoms with Crippen molar-refractivity contribution in [2.24, 2.45) is 0 Å². The molecule has 0 atom stereocenters. The molecule has 0 saturated carbocycles. The molecule has 1 aliphatic rings. The molecule has 1 saturated heterocycles. The monoisotopic (exact) mass is 362 g/mol. The third-order valence-electron chi connectivity index (χ3n) is 4.61. The van der Waals surface area contributed by atoms with Gasteiger partial charge in [0, 0.05) is 19.6 Å². The van der Waals surface area contributed by atoms with Gasteiger partial charge < -0.3 is 4.42 Å². The Kier molecular flexibility index (Phi) is 5.61. The molecule has 2 aromatic rings. The molecule has 3 rings (SSSR count). The summed E-state index contributed by atoms with van der Waals surface area (Å²) in [5.41, 5.74) is 2.49. The van der Waals surface area contributed by atoms with E-state index in [1.54, 1.807) is 12.1 Å². The number of hydrogen-bond acceptors (Lipinski definition) is 4. The minimum absolute atomic E-state index is 0.0657. The third-order valence-corrected chi connectivity index (χ3v) is 6.38. The minimum atomic E-state index is -3.48. The van der Waals surface area contributed by atoms with Crippen molar-refractivity contribution in [1.29, 1.82) is 0 Å². The lowest BCUT2D eigenvalue weighted by Crippen LogP contribution is -2.27. The van der Waals surface area contributed by atoms with Crippen molar-refractivity contribution in [3.63, 3.8) is 0 Å². The van der Waals surface area contributed by atoms with Crippen molar-refractivity contribution >= 4 is 10.0 Å². The number of furan rings is 1. The fourth-order valence-electron chi connectivity index (χ4n) is 3.21. The molecule has 6 heteroatoms. The van der Waals surface area contributed by atoms with Crippen LogP contribution >= 0.6 is 0 Å². The maximum atomic E-state index is 12.6. The number of hydrogen-bond donors (Lipinski definition) is 0. The van der Waals surface area contributed by atoms with Crippen LogP contribution in [0.2, 0.25) is 0 Å². The van der Waals surface area contributed by atoms with Crippen LogP contribution in [0.5, 0.6) is 0 Å². The number of nitrogens with zero attached hydrogens (tertiary/aromatic N) is 2. The molecule has 136 valence electrons. The van der Waals surface area contributed by atoms with Crippen molar-refractivity contribution in [2.75, 3.05) is 19.6 Å². The van der Waals surface area contributed by atoms with E-state index in [0.717, 1.165) is 25.9 Å². The maximum absolute atomic E-state index is 12.6. The van der Waals surface area contributed by atoms with Gasteiger partial charge in [-0.05, 0) is 44.0 Å². The second kappa shape index (κ2) is 7.72. The highest BCUT2D eigenvalue weighted by atomic mass is 32.2. The molecule has 2 heterocycles. The van der Waals surface area contributed by atoms with Crippen LogP contribution in [0.3, 0.4) is 0 Å². The van der Waals surface area contributed by atoms with Crippen LogP contribution < -0.4 is 0 Å². The Morgan fingerprint density at radius 3 is 2.56 bits per heavy atom. The van der Waals surface area contributed by atoms with E-state index < -0.39 is 10.0 Å². The zero-order chi connectivity index (χ0) is 17.9. The van der Waals surface area contributed by atoms with Crippen LogP contribution in [0.15, 0.2) is 45.9 Å². The molecule has 0 aliphatic carbocycles. The van der Waals surface area contributed by atoms with Gasteiger partial charge in [-0.2, -0.15) is 4.31 Å². The van der Waals surface area contributed by atoms with Crippen LogP contribution in [0.25, 0.3) is 0 Å². The Balaban J connectivity index is 1.69. The van der Waals surface area contributed by atoms with Gasteiger partial charge in [0.05, 0.1) is 6.54 Å². The average Bonchev–Trinajstić information content (AvgIpc) is 3.26. The lowest BCUT2D eigenvalue weighted by Gasteiger charge is -2.19. The Bertz CT molecular complexity index is 808. The first-order valence-corrected chi connectivity index (χ1v) is 10.3. The maximum Gasteiger partial charge on any atom is 0.276 e. The highest BCUT2D eigenvalue weighted by molar-refractivity contribution is 7.89. The van der Waals surface area contributed by atoms with Gasteiger partial charge >= 0.3 is 0 Å². The van der Waals surface area contributed by atoms with Gasteiger partial charge in [0.1, 0.15) is 5.76 Å². The van der Waals surface area contributed by atoms with Gasteiger partial charge in [0.25, 0.3) is 10.0 Å². The molecule has 25 heavy (non-hydrogen) atoms. The Labute approximate surface area is 150 Å². The van der Waals surface area contributed by atoms with E-state index in [-0.39, 0.29) is 5.09 Å². The van der Waals surface area contributed by atoms with E-state index in [1.807, 2.05) is 0 Å². The van der Waals surface area contributed by atoms with E-state index in [9.17, 15) is 8.42 Å². The topological polar surface area (TPSA) is 53.8 Å². The molecule has 0 spiro atoms. The quantitative estimate of drug-likeness (QED) is 0.757. The van der Waals surface area contributed by atoms with Crippen molar-refractivity contribution < 1.29 is 12.8 Å². The molecule has 0 unspecified atom stereocenters. The van der Waals surface area contributed by atoms with Crippen molar-refractivity contribution in [2.45, 2.75) is 44.9 Å². The SMILES string of the molecule is CCN(Cc1cccc(C)c1)Cc1ccc(S(=O)(=O)N2CCCC2)o1. The molecular weight excluding hydrogens is 336 g/mol. The zero-order valence-corrected chi connectivity index (χ0v) is 15.8. The predicted molar refractivity (Wildman–Crippen MR) is 97.7 cm³/mol. The Morgan fingerprint density at radius 2 is 1.88 bits per heavy atom. The summed E-state index contributed by atoms with van der Waals surface area (Å²) in [5.74, 6) is 0.687. The molecule has 0 bridgehead atoms. The summed E-state index contributed by atoms with van der Waals surface area (Å²) >= 11 is 0. The second-order valence-electron chi connectivity index (χ2n) is 6.62. The molecule has 1 aromatic heterocycles. The Morgan fingerprint density at radius 1 is 1.12 bits per heavy atom. The van der Waals surface area contributed by atoms with Crippen LogP contribution in [0, 0.1) is 6.92 Å². The summed E-state index contributed by atoms with van der Waals surface area (Å²) in [6.07, 6.45) is 1.85. The Hall–Kier alpha value is -1.63. The van der Waals surface area contributed by atoms with E-state index in [2.05, 4.69) is 43.0 Å². The molecule has 0 radical (unpaired) electrons. The largest absolute Gasteiger partial charge is 0.447 e. The summed E-state index contributed by atoms with van der Waals surface area (Å²) in [7, 11) is -3.48. The smallest absolute Gasteiger partial charge is 0.276 e. The van der Waals surface area contributed by atoms with Crippen LogP contribution in [-0.2, 0) is 23.1 Å². The predicted octanol–water partition coefficient (Wildman–Crippen LogP) is 3.39. The van der Waals surface area contributed by atoms with Crippen LogP contribution in [0.4, 0.5) is 0 Å². The average molecular weight is 362 g/mol. The number of rotatable bonds is 7. The summed E-state index contributed by atoms with van der Waals surface area (Å²) in [6, 6.07) is 11.8. The first-order chi connectivity index (χ1) is 12.0. The fraction of sp³-hybridized carbons (Fsp3) is 0.474. The molecular formula is C19H26N2O3S. The van der Waals surface area contributed by atoms with E-state index >= 15 is 0 Å². The van der Waals surface area contributed by atoms with Crippen molar-refractivity contribution in [1.82, 2.24) is 9.21 Å². The van der Waals surface area contributed by atoms with E-state index in [1.165, 1.54) is 15.4 Å². The van der Waals surface area contributed by atoms with Gasteiger partial charge in [-0.25, -0.2) is 8.42 Å². The molecule has 0 amide bonds. The zero-order valence-electron chi connectivity index (χ0n) is 14.9. The molecule has 0 N–H and O–H groups in total. The van der Waals surface area contributed by atoms with Crippen LogP contribution in [0.1, 0.15) is 36.7 Å². The summed E-state index contributed by atoms with van der Waals surface area (Å²) < 4.78 is 32.3. The highest BCUT2D eigenvalue weighted by Crippen LogP contribution is 2.23. The third kappa shape index (κ3) is 4.32. The van der Waals surface area contributed by atoms with Crippen molar-refractivity contribution in [3.05, 3.63) is 53.3 Å². The molecule has 5 nitrogen and oxygen atoms in total. The normalized spacial score (nSPS) is 16.0. The first-order valence-electron chi connectivity index (χ1n) is 8.86. The van der Waals surface area contributed by atoms with E-state index in [4.69, 9.17) is 4.42 Å². The van der Waals surface area contributed by atoms with Gasteiger partial charge in [-0.1, -0.05) is 36.8 Å². The molecule has 1 fully saturated rings. The van der Waals surface area contributed by atoms with Crippen molar-refractivity contribution in [3.8, 4) is 0 Å². The summed E-state index contributed by atoms with van der Waals surface area (Å²) in [6.45, 7) is 7.64. The number of sulfonamides is 1. The van der Waals surface area contributed by atoms with E-state index in [0.29, 0.717) is 25.4 Å². The first kappa shape index (κ1) is 18.2.